The third-order valence-electron chi connectivity index (χ3n) is 3.38. The Morgan fingerprint density at radius 2 is 1.83 bits per heavy atom. The van der Waals surface area contributed by atoms with Crippen LogP contribution in [-0.4, -0.2) is 48.1 Å². The zero-order valence-electron chi connectivity index (χ0n) is 11.5. The Morgan fingerprint density at radius 1 is 1.11 bits per heavy atom. The summed E-state index contributed by atoms with van der Waals surface area (Å²) in [6, 6.07) is 8.14. The monoisotopic (exact) mass is 246 g/mol. The van der Waals surface area contributed by atoms with Gasteiger partial charge in [-0.25, -0.2) is 4.98 Å². The van der Waals surface area contributed by atoms with Gasteiger partial charge in [-0.15, -0.1) is 0 Å². The molecule has 0 unspecified atom stereocenters. The number of nitrogens with zero attached hydrogens (tertiary/aromatic N) is 3. The zero-order chi connectivity index (χ0) is 13.0. The second-order valence-electron chi connectivity index (χ2n) is 4.53. The Balaban J connectivity index is 2.02. The number of anilines is 1. The van der Waals surface area contributed by atoms with E-state index in [-0.39, 0.29) is 0 Å². The van der Waals surface area contributed by atoms with Gasteiger partial charge in [-0.05, 0) is 25.2 Å². The average Bonchev–Trinajstić information content (AvgIpc) is 2.83. The van der Waals surface area contributed by atoms with Crippen LogP contribution in [0.5, 0.6) is 0 Å². The van der Waals surface area contributed by atoms with Gasteiger partial charge < -0.3 is 14.8 Å². The van der Waals surface area contributed by atoms with Gasteiger partial charge in [0.2, 0.25) is 5.95 Å². The second kappa shape index (κ2) is 5.87. The summed E-state index contributed by atoms with van der Waals surface area (Å²) in [6.07, 6.45) is 0. The van der Waals surface area contributed by atoms with E-state index in [0.29, 0.717) is 0 Å². The molecule has 1 N–H and O–H groups in total. The van der Waals surface area contributed by atoms with E-state index in [9.17, 15) is 0 Å². The molecule has 1 aromatic carbocycles. The Kier molecular flexibility index (Phi) is 4.20. The molecule has 4 nitrogen and oxygen atoms in total. The summed E-state index contributed by atoms with van der Waals surface area (Å²) in [5.41, 5.74) is 2.13. The molecular weight excluding hydrogens is 224 g/mol. The van der Waals surface area contributed by atoms with Crippen LogP contribution in [0, 0.1) is 0 Å². The van der Waals surface area contributed by atoms with Crippen molar-refractivity contribution in [3.05, 3.63) is 24.3 Å². The fourth-order valence-electron chi connectivity index (χ4n) is 2.06. The van der Waals surface area contributed by atoms with Crippen LogP contribution in [0.1, 0.15) is 13.8 Å². The number of fused-ring (bicyclic) bond motifs is 1. The number of aromatic nitrogens is 2. The number of benzene rings is 1. The summed E-state index contributed by atoms with van der Waals surface area (Å²) in [6.45, 7) is 8.66. The topological polar surface area (TPSA) is 35.2 Å². The number of para-hydroxylation sites is 2. The normalized spacial score (nSPS) is 11.3. The van der Waals surface area contributed by atoms with E-state index in [1.165, 1.54) is 0 Å². The van der Waals surface area contributed by atoms with Crippen LogP contribution in [0.3, 0.4) is 0 Å². The molecule has 0 amide bonds. The zero-order valence-corrected chi connectivity index (χ0v) is 11.5. The van der Waals surface area contributed by atoms with Gasteiger partial charge in [0.15, 0.2) is 0 Å². The van der Waals surface area contributed by atoms with E-state index in [1.807, 2.05) is 18.2 Å². The standard InChI is InChI=1S/C14H22N4/c1-4-18(5-2)11-10-17(3)14-15-12-8-6-7-9-13(12)16-14/h6-9H,4-5,10-11H2,1-3H3,(H,15,16). The average molecular weight is 246 g/mol. The molecule has 2 aromatic rings. The smallest absolute Gasteiger partial charge is 0.203 e. The molecule has 0 saturated carbocycles. The van der Waals surface area contributed by atoms with E-state index in [2.05, 4.69) is 46.7 Å². The van der Waals surface area contributed by atoms with Crippen molar-refractivity contribution in [2.45, 2.75) is 13.8 Å². The van der Waals surface area contributed by atoms with Crippen LogP contribution < -0.4 is 4.90 Å². The first-order valence-electron chi connectivity index (χ1n) is 6.62. The second-order valence-corrected chi connectivity index (χ2v) is 4.53. The lowest BCUT2D eigenvalue weighted by atomic mass is 10.3. The van der Waals surface area contributed by atoms with Gasteiger partial charge >= 0.3 is 0 Å². The molecule has 1 heterocycles. The fourth-order valence-corrected chi connectivity index (χ4v) is 2.06. The van der Waals surface area contributed by atoms with Crippen molar-refractivity contribution in [2.75, 3.05) is 38.1 Å². The minimum atomic E-state index is 0.948. The van der Waals surface area contributed by atoms with Crippen LogP contribution in [0.15, 0.2) is 24.3 Å². The van der Waals surface area contributed by atoms with E-state index >= 15 is 0 Å². The maximum absolute atomic E-state index is 4.59. The number of aromatic amines is 1. The lowest BCUT2D eigenvalue weighted by molar-refractivity contribution is 0.310. The molecule has 2 rings (SSSR count). The van der Waals surface area contributed by atoms with Crippen molar-refractivity contribution < 1.29 is 0 Å². The highest BCUT2D eigenvalue weighted by atomic mass is 15.3. The highest BCUT2D eigenvalue weighted by Crippen LogP contribution is 2.15. The summed E-state index contributed by atoms with van der Waals surface area (Å²) < 4.78 is 0. The van der Waals surface area contributed by atoms with Crippen LogP contribution in [-0.2, 0) is 0 Å². The van der Waals surface area contributed by atoms with Gasteiger partial charge in [0, 0.05) is 20.1 Å². The number of imidazole rings is 1. The lowest BCUT2D eigenvalue weighted by Gasteiger charge is -2.22. The predicted octanol–water partition coefficient (Wildman–Crippen LogP) is 2.34. The Labute approximate surface area is 109 Å². The first kappa shape index (κ1) is 12.9. The first-order valence-corrected chi connectivity index (χ1v) is 6.62. The number of hydrogen-bond acceptors (Lipinski definition) is 3. The summed E-state index contributed by atoms with van der Waals surface area (Å²) in [4.78, 5) is 12.5. The van der Waals surface area contributed by atoms with Gasteiger partial charge in [0.1, 0.15) is 0 Å². The molecule has 0 spiro atoms. The highest BCUT2D eigenvalue weighted by Gasteiger charge is 2.08. The first-order chi connectivity index (χ1) is 8.74. The van der Waals surface area contributed by atoms with Crippen LogP contribution in [0.4, 0.5) is 5.95 Å². The third kappa shape index (κ3) is 2.82. The molecule has 18 heavy (non-hydrogen) atoms. The van der Waals surface area contributed by atoms with Crippen LogP contribution in [0.25, 0.3) is 11.0 Å². The number of likely N-dealkylation sites (N-methyl/N-ethyl adjacent to an activating group) is 2. The van der Waals surface area contributed by atoms with E-state index in [4.69, 9.17) is 0 Å². The molecule has 1 aromatic heterocycles. The number of H-pyrrole nitrogens is 1. The van der Waals surface area contributed by atoms with E-state index < -0.39 is 0 Å². The molecule has 0 fully saturated rings. The summed E-state index contributed by atoms with van der Waals surface area (Å²) >= 11 is 0. The molecule has 0 radical (unpaired) electrons. The Morgan fingerprint density at radius 3 is 2.50 bits per heavy atom. The molecule has 0 atom stereocenters. The van der Waals surface area contributed by atoms with Gasteiger partial charge in [-0.3, -0.25) is 0 Å². The van der Waals surface area contributed by atoms with Crippen LogP contribution in [0.2, 0.25) is 0 Å². The van der Waals surface area contributed by atoms with Crippen molar-refractivity contribution in [3.63, 3.8) is 0 Å². The summed E-state index contributed by atoms with van der Waals surface area (Å²) in [5.74, 6) is 0.948. The van der Waals surface area contributed by atoms with Gasteiger partial charge in [-0.1, -0.05) is 26.0 Å². The largest absolute Gasteiger partial charge is 0.344 e. The number of nitrogens with one attached hydrogen (secondary N) is 1. The SMILES string of the molecule is CCN(CC)CCN(C)c1nc2ccccc2[nH]1. The van der Waals surface area contributed by atoms with Gasteiger partial charge in [0.05, 0.1) is 11.0 Å². The van der Waals surface area contributed by atoms with Crippen molar-refractivity contribution in [2.24, 2.45) is 0 Å². The van der Waals surface area contributed by atoms with E-state index in [1.54, 1.807) is 0 Å². The molecule has 4 heteroatoms. The highest BCUT2D eigenvalue weighted by molar-refractivity contribution is 5.77. The number of hydrogen-bond donors (Lipinski definition) is 1. The molecule has 98 valence electrons. The van der Waals surface area contributed by atoms with E-state index in [0.717, 1.165) is 43.2 Å². The quantitative estimate of drug-likeness (QED) is 0.849. The molecule has 0 aliphatic carbocycles. The molecule has 0 saturated heterocycles. The van der Waals surface area contributed by atoms with Crippen LogP contribution >= 0.6 is 0 Å². The molecular formula is C14H22N4. The lowest BCUT2D eigenvalue weighted by Crippen LogP contribution is -2.33. The maximum Gasteiger partial charge on any atom is 0.203 e. The van der Waals surface area contributed by atoms with Crippen molar-refractivity contribution >= 4 is 17.0 Å². The van der Waals surface area contributed by atoms with Crippen molar-refractivity contribution in [1.82, 2.24) is 14.9 Å². The van der Waals surface area contributed by atoms with Crippen molar-refractivity contribution in [3.8, 4) is 0 Å². The third-order valence-corrected chi connectivity index (χ3v) is 3.38. The molecule has 0 aliphatic rings. The summed E-state index contributed by atoms with van der Waals surface area (Å²) in [5, 5.41) is 0. The number of rotatable bonds is 6. The predicted molar refractivity (Wildman–Crippen MR) is 77.2 cm³/mol. The molecule has 0 aliphatic heterocycles. The van der Waals surface area contributed by atoms with Gasteiger partial charge in [0.25, 0.3) is 0 Å². The van der Waals surface area contributed by atoms with Crippen molar-refractivity contribution in [1.29, 1.82) is 0 Å². The van der Waals surface area contributed by atoms with Gasteiger partial charge in [-0.2, -0.15) is 0 Å². The minimum Gasteiger partial charge on any atom is -0.344 e. The maximum atomic E-state index is 4.59. The minimum absolute atomic E-state index is 0.948. The fraction of sp³-hybridized carbons (Fsp3) is 0.500. The Bertz CT molecular complexity index is 454. The Hall–Kier alpha value is -1.55. The summed E-state index contributed by atoms with van der Waals surface area (Å²) in [7, 11) is 2.08. The molecule has 0 bridgehead atoms.